The molecule has 3 aromatic carbocycles. The molecular formula is C19H19N5O13S4. The first-order chi connectivity index (χ1) is 19.4. The summed E-state index contributed by atoms with van der Waals surface area (Å²) in [5, 5.41) is 49.3. The van der Waals surface area contributed by atoms with Crippen LogP contribution in [0.3, 0.4) is 0 Å². The Hall–Kier alpha value is -3.00. The van der Waals surface area contributed by atoms with Crippen LogP contribution in [0.25, 0.3) is 10.8 Å². The predicted molar refractivity (Wildman–Crippen MR) is 142 cm³/mol. The van der Waals surface area contributed by atoms with Gasteiger partial charge in [0.1, 0.15) is 16.3 Å². The van der Waals surface area contributed by atoms with Crippen molar-refractivity contribution < 1.29 is 59.9 Å². The van der Waals surface area contributed by atoms with Crippen molar-refractivity contribution in [3.05, 3.63) is 36.4 Å². The van der Waals surface area contributed by atoms with Crippen LogP contribution in [-0.2, 0) is 42.9 Å². The van der Waals surface area contributed by atoms with E-state index in [0.717, 1.165) is 6.07 Å². The summed E-state index contributed by atoms with van der Waals surface area (Å²) in [5.74, 6) is -1.16. The zero-order valence-corrected chi connectivity index (χ0v) is 23.6. The molecule has 222 valence electrons. The van der Waals surface area contributed by atoms with E-state index >= 15 is 0 Å². The number of phenols is 1. The summed E-state index contributed by atoms with van der Waals surface area (Å²) in [7, 11) is -7.41. The van der Waals surface area contributed by atoms with Gasteiger partial charge in [-0.1, -0.05) is 10.1 Å². The third-order valence-corrected chi connectivity index (χ3v) is 8.51. The number of azo groups is 2. The fraction of sp³-hybridized carbons (Fsp3) is 0.158. The standard InChI is InChI=1S/C19H19N5O13S4/c1-21-23-18-14(41(30,31)32)9-10-8-13(38-36-34-26)17(16(20)15(10)19(18)25)24-22-11-2-4-12(5-3-11)40(28,29)7-6-33-39-37-35-27/h2-5,8-9,25-27H,6-7,20H2,1H3,(H,30,31,32). The van der Waals surface area contributed by atoms with Gasteiger partial charge in [-0.2, -0.15) is 23.8 Å². The van der Waals surface area contributed by atoms with E-state index in [4.69, 9.17) is 20.4 Å². The van der Waals surface area contributed by atoms with Gasteiger partial charge in [-0.15, -0.1) is 13.8 Å². The summed E-state index contributed by atoms with van der Waals surface area (Å²) < 4.78 is 71.5. The van der Waals surface area contributed by atoms with Gasteiger partial charge in [0.05, 0.1) is 51.0 Å². The Kier molecular flexibility index (Phi) is 11.3. The quantitative estimate of drug-likeness (QED) is 0.0300. The number of aromatic hydroxyl groups is 1. The van der Waals surface area contributed by atoms with Crippen LogP contribution in [0, 0.1) is 0 Å². The number of fused-ring (bicyclic) bond motifs is 1. The summed E-state index contributed by atoms with van der Waals surface area (Å²) >= 11 is 0.637. The Bertz CT molecular complexity index is 1670. The molecule has 0 aromatic heterocycles. The summed E-state index contributed by atoms with van der Waals surface area (Å²) in [6.45, 7) is -0.279. The van der Waals surface area contributed by atoms with E-state index in [-0.39, 0.29) is 56.6 Å². The normalized spacial score (nSPS) is 12.7. The lowest BCUT2D eigenvalue weighted by Gasteiger charge is -2.14. The average molecular weight is 654 g/mol. The van der Waals surface area contributed by atoms with Crippen molar-refractivity contribution in [2.24, 2.45) is 20.5 Å². The summed E-state index contributed by atoms with van der Waals surface area (Å²) in [4.78, 5) is -0.799. The molecule has 0 bridgehead atoms. The molecule has 0 heterocycles. The molecule has 3 aromatic rings. The molecule has 0 atom stereocenters. The molecule has 0 aliphatic heterocycles. The highest BCUT2D eigenvalue weighted by Crippen LogP contribution is 2.49. The van der Waals surface area contributed by atoms with Gasteiger partial charge in [0, 0.05) is 7.05 Å². The van der Waals surface area contributed by atoms with Gasteiger partial charge < -0.3 is 10.8 Å². The zero-order valence-electron chi connectivity index (χ0n) is 20.3. The Morgan fingerprint density at radius 3 is 2.24 bits per heavy atom. The lowest BCUT2D eigenvalue weighted by atomic mass is 10.1. The monoisotopic (exact) mass is 653 g/mol. The first-order valence-corrected chi connectivity index (χ1v) is 15.0. The lowest BCUT2D eigenvalue weighted by molar-refractivity contribution is -0.434. The molecule has 41 heavy (non-hydrogen) atoms. The van der Waals surface area contributed by atoms with E-state index in [1.807, 2.05) is 0 Å². The van der Waals surface area contributed by atoms with Crippen molar-refractivity contribution in [1.82, 2.24) is 0 Å². The first kappa shape index (κ1) is 32.5. The maximum absolute atomic E-state index is 12.4. The first-order valence-electron chi connectivity index (χ1n) is 10.5. The highest BCUT2D eigenvalue weighted by Gasteiger charge is 2.25. The molecule has 0 radical (unpaired) electrons. The minimum absolute atomic E-state index is 0.00180. The maximum atomic E-state index is 12.4. The molecule has 0 amide bonds. The molecule has 22 heteroatoms. The number of nitrogens with zero attached hydrogens (tertiary/aromatic N) is 4. The number of rotatable bonds is 14. The second kappa shape index (κ2) is 14.3. The summed E-state index contributed by atoms with van der Waals surface area (Å²) in [5.41, 5.74) is 5.46. The van der Waals surface area contributed by atoms with Crippen molar-refractivity contribution in [3.8, 4) is 5.75 Å². The van der Waals surface area contributed by atoms with Gasteiger partial charge in [-0.05, 0) is 41.8 Å². The highest BCUT2D eigenvalue weighted by atomic mass is 32.2. The molecule has 18 nitrogen and oxygen atoms in total. The number of phenolic OH excluding ortho intramolecular Hbond substituents is 1. The molecule has 0 spiro atoms. The largest absolute Gasteiger partial charge is 0.505 e. The molecule has 0 saturated heterocycles. The van der Waals surface area contributed by atoms with Crippen molar-refractivity contribution in [2.75, 3.05) is 25.1 Å². The Morgan fingerprint density at radius 2 is 1.63 bits per heavy atom. The highest BCUT2D eigenvalue weighted by molar-refractivity contribution is 7.94. The van der Waals surface area contributed by atoms with Gasteiger partial charge in [0.15, 0.2) is 27.9 Å². The van der Waals surface area contributed by atoms with Crippen LogP contribution >= 0.6 is 24.4 Å². The van der Waals surface area contributed by atoms with Crippen molar-refractivity contribution in [3.63, 3.8) is 0 Å². The zero-order chi connectivity index (χ0) is 30.2. The topological polar surface area (TPSA) is 271 Å². The van der Waals surface area contributed by atoms with Gasteiger partial charge in [0.25, 0.3) is 10.1 Å². The third-order valence-electron chi connectivity index (χ3n) is 4.95. The molecule has 0 unspecified atom stereocenters. The minimum Gasteiger partial charge on any atom is -0.505 e. The molecule has 0 aliphatic rings. The SMILES string of the molecule is CN=Nc1c(S(=O)(=O)O)cc2cc(SOOO)c(N=Nc3ccc(S(=O)(=O)CCOSOOO)cc3)c(N)c2c1O. The Morgan fingerprint density at radius 1 is 0.951 bits per heavy atom. The van der Waals surface area contributed by atoms with Crippen LogP contribution in [-0.4, -0.2) is 56.4 Å². The predicted octanol–water partition coefficient (Wildman–Crippen LogP) is 4.71. The molecule has 6 N–H and O–H groups in total. The summed E-state index contributed by atoms with van der Waals surface area (Å²) in [6.07, 6.45) is 0. The third kappa shape index (κ3) is 8.06. The van der Waals surface area contributed by atoms with Crippen LogP contribution in [0.5, 0.6) is 5.75 Å². The van der Waals surface area contributed by atoms with Crippen LogP contribution in [0.4, 0.5) is 22.7 Å². The average Bonchev–Trinajstić information content (AvgIpc) is 2.92. The molecule has 0 fully saturated rings. The Labute approximate surface area is 239 Å². The maximum Gasteiger partial charge on any atom is 0.296 e. The molecule has 3 rings (SSSR count). The second-order valence-electron chi connectivity index (χ2n) is 7.35. The van der Waals surface area contributed by atoms with Gasteiger partial charge >= 0.3 is 0 Å². The van der Waals surface area contributed by atoms with E-state index in [1.54, 1.807) is 0 Å². The van der Waals surface area contributed by atoms with E-state index in [0.29, 0.717) is 12.0 Å². The second-order valence-corrected chi connectivity index (χ2v) is 12.1. The fourth-order valence-electron chi connectivity index (χ4n) is 3.28. The van der Waals surface area contributed by atoms with Crippen LogP contribution in [0.2, 0.25) is 0 Å². The number of hydrogen-bond donors (Lipinski definition) is 5. The summed E-state index contributed by atoms with van der Waals surface area (Å²) in [6, 6.07) is 7.42. The lowest BCUT2D eigenvalue weighted by Crippen LogP contribution is -2.10. The number of anilines is 1. The van der Waals surface area contributed by atoms with Gasteiger partial charge in [-0.25, -0.2) is 18.9 Å². The van der Waals surface area contributed by atoms with Gasteiger partial charge in [0.2, 0.25) is 0 Å². The number of nitrogens with two attached hydrogens (primary N) is 1. The van der Waals surface area contributed by atoms with Crippen LogP contribution < -0.4 is 5.73 Å². The molecule has 0 saturated carbocycles. The van der Waals surface area contributed by atoms with E-state index in [9.17, 15) is 26.5 Å². The van der Waals surface area contributed by atoms with Crippen LogP contribution in [0.1, 0.15) is 0 Å². The smallest absolute Gasteiger partial charge is 0.296 e. The van der Waals surface area contributed by atoms with E-state index in [1.165, 1.54) is 37.4 Å². The number of hydrogen-bond acceptors (Lipinski definition) is 19. The van der Waals surface area contributed by atoms with E-state index in [2.05, 4.69) is 39.2 Å². The number of benzene rings is 3. The fourth-order valence-corrected chi connectivity index (χ4v) is 5.86. The van der Waals surface area contributed by atoms with Crippen molar-refractivity contribution in [2.45, 2.75) is 14.7 Å². The number of sulfone groups is 1. The van der Waals surface area contributed by atoms with Crippen LogP contribution in [0.15, 0.2) is 71.5 Å². The minimum atomic E-state index is -4.86. The van der Waals surface area contributed by atoms with Crippen molar-refractivity contribution in [1.29, 1.82) is 0 Å². The van der Waals surface area contributed by atoms with Gasteiger partial charge in [-0.3, -0.25) is 8.74 Å². The molecule has 0 aliphatic carbocycles. The van der Waals surface area contributed by atoms with Crippen molar-refractivity contribution >= 4 is 77.8 Å². The Balaban J connectivity index is 2.02. The molecular weight excluding hydrogens is 634 g/mol. The van der Waals surface area contributed by atoms with E-state index < -0.39 is 42.0 Å². The number of nitrogen functional groups attached to an aromatic ring is 1.